The summed E-state index contributed by atoms with van der Waals surface area (Å²) in [7, 11) is 0. The number of aryl methyl sites for hydroxylation is 1. The number of hydrogen-bond donors (Lipinski definition) is 1. The number of nitrogens with one attached hydrogen (secondary N) is 1. The van der Waals surface area contributed by atoms with E-state index in [0.717, 1.165) is 11.5 Å². The molecule has 0 fully saturated rings. The molecule has 78 valence electrons. The van der Waals surface area contributed by atoms with Crippen molar-refractivity contribution in [2.75, 3.05) is 6.61 Å². The quantitative estimate of drug-likeness (QED) is 0.783. The van der Waals surface area contributed by atoms with Crippen molar-refractivity contribution in [2.45, 2.75) is 33.3 Å². The molecule has 0 atom stereocenters. The van der Waals surface area contributed by atoms with Crippen LogP contribution in [0.5, 0.6) is 0 Å². The molecule has 0 radical (unpaired) electrons. The first-order valence-corrected chi connectivity index (χ1v) is 5.09. The lowest BCUT2D eigenvalue weighted by Crippen LogP contribution is -2.25. The molecule has 0 aliphatic heterocycles. The molecule has 3 nitrogen and oxygen atoms in total. The minimum atomic E-state index is -0.408. The maximum atomic E-state index is 5.59. The first-order valence-electron chi connectivity index (χ1n) is 4.68. The molecule has 1 rings (SSSR count). The van der Waals surface area contributed by atoms with Gasteiger partial charge in [-0.3, -0.25) is 0 Å². The van der Waals surface area contributed by atoms with Crippen molar-refractivity contribution in [1.82, 2.24) is 9.97 Å². The van der Waals surface area contributed by atoms with Gasteiger partial charge < -0.3 is 9.72 Å². The van der Waals surface area contributed by atoms with Gasteiger partial charge in [0.1, 0.15) is 16.1 Å². The zero-order valence-corrected chi connectivity index (χ0v) is 9.86. The van der Waals surface area contributed by atoms with Crippen LogP contribution in [-0.2, 0) is 10.3 Å². The number of H-pyrrole nitrogens is 1. The van der Waals surface area contributed by atoms with E-state index in [1.54, 1.807) is 0 Å². The largest absolute Gasteiger partial charge is 0.368 e. The SMILES string of the molecule is CCOC(C)(C)c1nc(=S)cc(C)[nH]1. The Morgan fingerprint density at radius 1 is 1.57 bits per heavy atom. The van der Waals surface area contributed by atoms with Gasteiger partial charge in [0.15, 0.2) is 0 Å². The van der Waals surface area contributed by atoms with E-state index >= 15 is 0 Å². The average Bonchev–Trinajstić information content (AvgIpc) is 2.02. The van der Waals surface area contributed by atoms with Crippen LogP contribution < -0.4 is 0 Å². The molecule has 1 aromatic heterocycles. The summed E-state index contributed by atoms with van der Waals surface area (Å²) in [5.74, 6) is 0.782. The summed E-state index contributed by atoms with van der Waals surface area (Å²) < 4.78 is 6.19. The molecule has 0 aliphatic rings. The topological polar surface area (TPSA) is 37.9 Å². The highest BCUT2D eigenvalue weighted by atomic mass is 32.1. The summed E-state index contributed by atoms with van der Waals surface area (Å²) in [6.45, 7) is 8.53. The molecular weight excluding hydrogens is 196 g/mol. The predicted molar refractivity (Wildman–Crippen MR) is 58.8 cm³/mol. The number of nitrogens with zero attached hydrogens (tertiary/aromatic N) is 1. The van der Waals surface area contributed by atoms with Gasteiger partial charge in [-0.2, -0.15) is 0 Å². The van der Waals surface area contributed by atoms with Crippen molar-refractivity contribution < 1.29 is 4.74 Å². The van der Waals surface area contributed by atoms with Gasteiger partial charge in [-0.05, 0) is 33.8 Å². The lowest BCUT2D eigenvalue weighted by molar-refractivity contribution is -0.0210. The Bertz CT molecular complexity index is 371. The molecule has 0 spiro atoms. The summed E-state index contributed by atoms with van der Waals surface area (Å²) in [6, 6.07) is 1.83. The normalized spacial score (nSPS) is 11.7. The van der Waals surface area contributed by atoms with Crippen molar-refractivity contribution in [3.63, 3.8) is 0 Å². The van der Waals surface area contributed by atoms with Crippen molar-refractivity contribution in [1.29, 1.82) is 0 Å². The van der Waals surface area contributed by atoms with Crippen molar-refractivity contribution in [2.24, 2.45) is 0 Å². The van der Waals surface area contributed by atoms with Gasteiger partial charge >= 0.3 is 0 Å². The molecule has 0 aromatic carbocycles. The molecule has 0 saturated carbocycles. The van der Waals surface area contributed by atoms with E-state index in [-0.39, 0.29) is 0 Å². The molecule has 4 heteroatoms. The number of ether oxygens (including phenoxy) is 1. The van der Waals surface area contributed by atoms with Crippen LogP contribution in [-0.4, -0.2) is 16.6 Å². The Kier molecular flexibility index (Phi) is 3.39. The van der Waals surface area contributed by atoms with Crippen LogP contribution >= 0.6 is 12.2 Å². The third-order valence-corrected chi connectivity index (χ3v) is 2.16. The zero-order valence-electron chi connectivity index (χ0n) is 9.05. The van der Waals surface area contributed by atoms with Crippen molar-refractivity contribution >= 4 is 12.2 Å². The zero-order chi connectivity index (χ0) is 10.8. The van der Waals surface area contributed by atoms with E-state index < -0.39 is 5.60 Å². The van der Waals surface area contributed by atoms with E-state index in [4.69, 9.17) is 17.0 Å². The minimum Gasteiger partial charge on any atom is -0.368 e. The first-order chi connectivity index (χ1) is 6.45. The van der Waals surface area contributed by atoms with E-state index in [1.165, 1.54) is 0 Å². The summed E-state index contributed by atoms with van der Waals surface area (Å²) in [5.41, 5.74) is 0.599. The number of rotatable bonds is 3. The van der Waals surface area contributed by atoms with Gasteiger partial charge in [0.05, 0.1) is 0 Å². The van der Waals surface area contributed by atoms with Gasteiger partial charge in [0.2, 0.25) is 0 Å². The van der Waals surface area contributed by atoms with Crippen LogP contribution in [0.15, 0.2) is 6.07 Å². The highest BCUT2D eigenvalue weighted by Crippen LogP contribution is 2.20. The highest BCUT2D eigenvalue weighted by Gasteiger charge is 2.23. The second-order valence-corrected chi connectivity index (χ2v) is 4.11. The van der Waals surface area contributed by atoms with Crippen LogP contribution in [0.3, 0.4) is 0 Å². The van der Waals surface area contributed by atoms with Crippen molar-refractivity contribution in [3.05, 3.63) is 22.2 Å². The van der Waals surface area contributed by atoms with Crippen LogP contribution in [0.1, 0.15) is 32.3 Å². The van der Waals surface area contributed by atoms with E-state index in [2.05, 4.69) is 9.97 Å². The Hall–Kier alpha value is -0.740. The summed E-state index contributed by atoms with van der Waals surface area (Å²) in [5, 5.41) is 0. The Labute approximate surface area is 89.5 Å². The molecule has 1 aromatic rings. The molecule has 1 heterocycles. The number of hydrogen-bond acceptors (Lipinski definition) is 3. The fraction of sp³-hybridized carbons (Fsp3) is 0.600. The summed E-state index contributed by atoms with van der Waals surface area (Å²) >= 11 is 5.05. The fourth-order valence-corrected chi connectivity index (χ4v) is 1.56. The Balaban J connectivity index is 3.12. The van der Waals surface area contributed by atoms with E-state index in [0.29, 0.717) is 11.2 Å². The molecule has 0 saturated heterocycles. The van der Waals surface area contributed by atoms with Crippen LogP contribution in [0, 0.1) is 11.6 Å². The predicted octanol–water partition coefficient (Wildman–Crippen LogP) is 2.72. The van der Waals surface area contributed by atoms with Gasteiger partial charge in [-0.15, -0.1) is 0 Å². The number of aromatic nitrogens is 2. The smallest absolute Gasteiger partial charge is 0.139 e. The lowest BCUT2D eigenvalue weighted by atomic mass is 10.1. The van der Waals surface area contributed by atoms with Crippen molar-refractivity contribution in [3.8, 4) is 0 Å². The molecule has 14 heavy (non-hydrogen) atoms. The molecule has 0 amide bonds. The monoisotopic (exact) mass is 212 g/mol. The maximum Gasteiger partial charge on any atom is 0.139 e. The Morgan fingerprint density at radius 3 is 2.71 bits per heavy atom. The highest BCUT2D eigenvalue weighted by molar-refractivity contribution is 7.71. The molecule has 0 aliphatic carbocycles. The van der Waals surface area contributed by atoms with Crippen LogP contribution in [0.4, 0.5) is 0 Å². The standard InChI is InChI=1S/C10H16N2OS/c1-5-13-10(3,4)9-11-7(2)6-8(14)12-9/h6H,5H2,1-4H3,(H,11,12,14). The summed E-state index contributed by atoms with van der Waals surface area (Å²) in [6.07, 6.45) is 0. The average molecular weight is 212 g/mol. The van der Waals surface area contributed by atoms with E-state index in [1.807, 2.05) is 33.8 Å². The fourth-order valence-electron chi connectivity index (χ4n) is 1.29. The van der Waals surface area contributed by atoms with Gasteiger partial charge in [0.25, 0.3) is 0 Å². The molecule has 0 unspecified atom stereocenters. The molecule has 1 N–H and O–H groups in total. The minimum absolute atomic E-state index is 0.408. The Morgan fingerprint density at radius 2 is 2.21 bits per heavy atom. The second-order valence-electron chi connectivity index (χ2n) is 3.69. The third-order valence-electron chi connectivity index (χ3n) is 1.95. The molecular formula is C10H16N2OS. The molecule has 0 bridgehead atoms. The second kappa shape index (κ2) is 4.19. The van der Waals surface area contributed by atoms with Gasteiger partial charge in [-0.25, -0.2) is 4.98 Å². The third kappa shape index (κ3) is 2.62. The van der Waals surface area contributed by atoms with E-state index in [9.17, 15) is 0 Å². The van der Waals surface area contributed by atoms with Crippen LogP contribution in [0.25, 0.3) is 0 Å². The lowest BCUT2D eigenvalue weighted by Gasteiger charge is -2.23. The number of aromatic amines is 1. The van der Waals surface area contributed by atoms with Gasteiger partial charge in [0, 0.05) is 12.3 Å². The maximum absolute atomic E-state index is 5.59. The van der Waals surface area contributed by atoms with Crippen LogP contribution in [0.2, 0.25) is 0 Å². The van der Waals surface area contributed by atoms with Gasteiger partial charge in [-0.1, -0.05) is 12.2 Å². The summed E-state index contributed by atoms with van der Waals surface area (Å²) in [4.78, 5) is 7.43. The first kappa shape index (κ1) is 11.3.